The van der Waals surface area contributed by atoms with Crippen molar-refractivity contribution >= 4 is 45.5 Å². The molecule has 9 aromatic rings. The predicted octanol–water partition coefficient (Wildman–Crippen LogP) is 17.9. The maximum atomic E-state index is 2.38. The number of hydrogen-bond donors (Lipinski definition) is 0. The van der Waals surface area contributed by atoms with E-state index in [0.29, 0.717) is 0 Å². The van der Waals surface area contributed by atoms with Gasteiger partial charge in [0.05, 0.1) is 0 Å². The van der Waals surface area contributed by atoms with E-state index in [1.807, 2.05) is 0 Å². The molecule has 1 aliphatic carbocycles. The molecule has 0 atom stereocenters. The summed E-state index contributed by atoms with van der Waals surface area (Å²) in [5.74, 6) is 0. The molecule has 0 aliphatic heterocycles. The fourth-order valence-corrected chi connectivity index (χ4v) is 9.10. The number of para-hydroxylation sites is 2. The lowest BCUT2D eigenvalue weighted by Crippen LogP contribution is -2.16. The Morgan fingerprint density at radius 2 is 0.606 bits per heavy atom. The van der Waals surface area contributed by atoms with Gasteiger partial charge in [-0.25, -0.2) is 0 Å². The molecular formula is C63H53N3. The van der Waals surface area contributed by atoms with Crippen molar-refractivity contribution in [1.29, 1.82) is 0 Å². The molecule has 0 fully saturated rings. The first-order valence-corrected chi connectivity index (χ1v) is 23.0. The van der Waals surface area contributed by atoms with E-state index in [9.17, 15) is 0 Å². The standard InChI is InChI=1S/C63H53N3/c1-46-16-13-25-61(40-46)64(55-19-7-4-8-20-55)58-34-28-49(29-35-58)52-43-53(50-30-36-59(37-31-50)65(56-21-9-5-10-22-56)62-26-14-17-47(2)41-62)45-54(44-52)51-32-38-60(39-33-51)66(57-23-11-6-12-24-57)63-27-15-18-48(3)42-63/h4-5,7-11,13-45H,6,12H2,1-3H3. The van der Waals surface area contributed by atoms with Gasteiger partial charge in [0.15, 0.2) is 0 Å². The zero-order valence-corrected chi connectivity index (χ0v) is 37.8. The summed E-state index contributed by atoms with van der Waals surface area (Å²) in [5.41, 5.74) is 20.9. The van der Waals surface area contributed by atoms with E-state index in [-0.39, 0.29) is 0 Å². The van der Waals surface area contributed by atoms with Crippen molar-refractivity contribution in [2.45, 2.75) is 33.6 Å². The minimum absolute atomic E-state index is 1.04. The van der Waals surface area contributed by atoms with Gasteiger partial charge < -0.3 is 14.7 Å². The lowest BCUT2D eigenvalue weighted by Gasteiger charge is -2.28. The van der Waals surface area contributed by atoms with Gasteiger partial charge >= 0.3 is 0 Å². The van der Waals surface area contributed by atoms with Crippen molar-refractivity contribution < 1.29 is 0 Å². The first-order chi connectivity index (χ1) is 32.4. The zero-order chi connectivity index (χ0) is 44.8. The highest BCUT2D eigenvalue weighted by molar-refractivity contribution is 5.85. The second-order valence-corrected chi connectivity index (χ2v) is 17.2. The summed E-state index contributed by atoms with van der Waals surface area (Å²) in [6.07, 6.45) is 9.00. The molecule has 66 heavy (non-hydrogen) atoms. The summed E-state index contributed by atoms with van der Waals surface area (Å²) in [7, 11) is 0. The quantitative estimate of drug-likeness (QED) is 0.121. The van der Waals surface area contributed by atoms with Crippen molar-refractivity contribution in [2.24, 2.45) is 0 Å². The third kappa shape index (κ3) is 9.11. The van der Waals surface area contributed by atoms with Crippen LogP contribution in [0.5, 0.6) is 0 Å². The van der Waals surface area contributed by atoms with Gasteiger partial charge in [0.25, 0.3) is 0 Å². The van der Waals surface area contributed by atoms with Gasteiger partial charge in [0, 0.05) is 51.2 Å². The number of rotatable bonds is 12. The maximum Gasteiger partial charge on any atom is 0.0464 e. The molecular weight excluding hydrogens is 799 g/mol. The Morgan fingerprint density at radius 1 is 0.273 bits per heavy atom. The first-order valence-electron chi connectivity index (χ1n) is 23.0. The largest absolute Gasteiger partial charge is 0.311 e. The van der Waals surface area contributed by atoms with Gasteiger partial charge in [-0.05, 0) is 205 Å². The lowest BCUT2D eigenvalue weighted by atomic mass is 9.93. The Bertz CT molecular complexity index is 3000. The van der Waals surface area contributed by atoms with Crippen LogP contribution < -0.4 is 14.7 Å². The fourth-order valence-electron chi connectivity index (χ4n) is 9.10. The Kier molecular flexibility index (Phi) is 12.0. The van der Waals surface area contributed by atoms with E-state index >= 15 is 0 Å². The smallest absolute Gasteiger partial charge is 0.0464 e. The van der Waals surface area contributed by atoms with Gasteiger partial charge in [0.1, 0.15) is 0 Å². The molecule has 3 heteroatoms. The van der Waals surface area contributed by atoms with E-state index in [2.05, 4.69) is 278 Å². The van der Waals surface area contributed by atoms with E-state index < -0.39 is 0 Å². The van der Waals surface area contributed by atoms with Crippen molar-refractivity contribution in [3.8, 4) is 33.4 Å². The minimum atomic E-state index is 1.04. The summed E-state index contributed by atoms with van der Waals surface area (Å²) in [4.78, 5) is 7.04. The number of anilines is 8. The second-order valence-electron chi connectivity index (χ2n) is 17.2. The van der Waals surface area contributed by atoms with Gasteiger partial charge in [-0.15, -0.1) is 0 Å². The van der Waals surface area contributed by atoms with Crippen LogP contribution in [0.2, 0.25) is 0 Å². The summed E-state index contributed by atoms with van der Waals surface area (Å²) in [6.45, 7) is 6.46. The second kappa shape index (κ2) is 18.9. The molecule has 0 heterocycles. The van der Waals surface area contributed by atoms with E-state index in [4.69, 9.17) is 0 Å². The molecule has 0 bridgehead atoms. The van der Waals surface area contributed by atoms with Crippen molar-refractivity contribution in [1.82, 2.24) is 0 Å². The predicted molar refractivity (Wildman–Crippen MR) is 281 cm³/mol. The van der Waals surface area contributed by atoms with Crippen LogP contribution in [0.3, 0.4) is 0 Å². The molecule has 3 nitrogen and oxygen atoms in total. The Hall–Kier alpha value is -8.14. The van der Waals surface area contributed by atoms with E-state index in [0.717, 1.165) is 91.7 Å². The monoisotopic (exact) mass is 851 g/mol. The van der Waals surface area contributed by atoms with Crippen LogP contribution in [0, 0.1) is 20.8 Å². The van der Waals surface area contributed by atoms with Crippen LogP contribution in [0.1, 0.15) is 29.5 Å². The summed E-state index contributed by atoms with van der Waals surface area (Å²) in [6, 6.07) is 81.6. The average Bonchev–Trinajstić information content (AvgIpc) is 3.36. The summed E-state index contributed by atoms with van der Waals surface area (Å²) < 4.78 is 0. The van der Waals surface area contributed by atoms with Crippen molar-refractivity contribution in [3.63, 3.8) is 0 Å². The van der Waals surface area contributed by atoms with Gasteiger partial charge in [-0.1, -0.05) is 121 Å². The van der Waals surface area contributed by atoms with Crippen molar-refractivity contribution in [2.75, 3.05) is 14.7 Å². The number of nitrogens with zero attached hydrogens (tertiary/aromatic N) is 3. The number of hydrogen-bond acceptors (Lipinski definition) is 3. The molecule has 0 N–H and O–H groups in total. The molecule has 9 aromatic carbocycles. The van der Waals surface area contributed by atoms with Crippen LogP contribution in [-0.4, -0.2) is 0 Å². The lowest BCUT2D eigenvalue weighted by molar-refractivity contribution is 0.997. The molecule has 0 spiro atoms. The minimum Gasteiger partial charge on any atom is -0.311 e. The number of benzene rings is 9. The van der Waals surface area contributed by atoms with E-state index in [1.165, 1.54) is 22.4 Å². The maximum absolute atomic E-state index is 2.38. The van der Waals surface area contributed by atoms with Crippen LogP contribution in [-0.2, 0) is 0 Å². The molecule has 0 saturated carbocycles. The van der Waals surface area contributed by atoms with Crippen molar-refractivity contribution in [3.05, 3.63) is 265 Å². The number of allylic oxidation sites excluding steroid dienone is 3. The third-order valence-electron chi connectivity index (χ3n) is 12.4. The van der Waals surface area contributed by atoms with Crippen LogP contribution in [0.15, 0.2) is 248 Å². The Balaban J connectivity index is 1.05. The van der Waals surface area contributed by atoms with E-state index in [1.54, 1.807) is 0 Å². The molecule has 0 saturated heterocycles. The summed E-state index contributed by atoms with van der Waals surface area (Å²) in [5, 5.41) is 0. The van der Waals surface area contributed by atoms with Crippen LogP contribution >= 0.6 is 0 Å². The Labute approximate surface area is 390 Å². The molecule has 0 radical (unpaired) electrons. The average molecular weight is 852 g/mol. The van der Waals surface area contributed by atoms with Gasteiger partial charge in [0.2, 0.25) is 0 Å². The topological polar surface area (TPSA) is 9.72 Å². The Morgan fingerprint density at radius 3 is 0.955 bits per heavy atom. The fraction of sp³-hybridized carbons (Fsp3) is 0.0794. The summed E-state index contributed by atoms with van der Waals surface area (Å²) >= 11 is 0. The third-order valence-corrected chi connectivity index (χ3v) is 12.4. The first kappa shape index (κ1) is 41.8. The highest BCUT2D eigenvalue weighted by Crippen LogP contribution is 2.41. The highest BCUT2D eigenvalue weighted by atomic mass is 15.2. The van der Waals surface area contributed by atoms with Crippen LogP contribution in [0.25, 0.3) is 33.4 Å². The molecule has 0 aromatic heterocycles. The molecule has 0 amide bonds. The normalized spacial score (nSPS) is 12.1. The van der Waals surface area contributed by atoms with Gasteiger partial charge in [-0.3, -0.25) is 0 Å². The SMILES string of the molecule is Cc1cccc(N(C2=CCCC=C2)c2ccc(-c3cc(-c4ccc(N(c5ccccc5)c5cccc(C)c5)cc4)cc(-c4ccc(N(c5ccccc5)c5cccc(C)c5)cc4)c3)cc2)c1. The number of aryl methyl sites for hydroxylation is 3. The molecule has 320 valence electrons. The molecule has 10 rings (SSSR count). The highest BCUT2D eigenvalue weighted by Gasteiger charge is 2.18. The van der Waals surface area contributed by atoms with Gasteiger partial charge in [-0.2, -0.15) is 0 Å². The zero-order valence-electron chi connectivity index (χ0n) is 37.8. The van der Waals surface area contributed by atoms with Crippen LogP contribution in [0.4, 0.5) is 45.5 Å². The molecule has 0 unspecified atom stereocenters. The molecule has 1 aliphatic rings.